The first-order valence-electron chi connectivity index (χ1n) is 8.59. The molecule has 0 fully saturated rings. The third-order valence-corrected chi connectivity index (χ3v) is 4.66. The van der Waals surface area contributed by atoms with Crippen LogP contribution in [0.15, 0.2) is 42.5 Å². The summed E-state index contributed by atoms with van der Waals surface area (Å²) in [7, 11) is 1.76. The fraction of sp³-hybridized carbons (Fsp3) is 0.200. The molecule has 3 aromatic rings. The molecule has 0 spiro atoms. The number of imide groups is 1. The van der Waals surface area contributed by atoms with Crippen LogP contribution in [-0.2, 0) is 18.3 Å². The van der Waals surface area contributed by atoms with Crippen LogP contribution in [0.2, 0.25) is 0 Å². The maximum atomic E-state index is 12.6. The van der Waals surface area contributed by atoms with E-state index in [4.69, 9.17) is 4.74 Å². The van der Waals surface area contributed by atoms with Gasteiger partial charge < -0.3 is 9.30 Å². The molecule has 0 radical (unpaired) electrons. The minimum absolute atomic E-state index is 0.0276. The zero-order valence-electron chi connectivity index (χ0n) is 14.9. The van der Waals surface area contributed by atoms with Crippen LogP contribution < -0.4 is 0 Å². The average molecular weight is 363 g/mol. The number of carbonyl (C=O) groups is 3. The molecular formula is C20H17N3O4. The standard InChI is InChI=1S/C20H17N3O4/c1-3-27-20(26)14-9-6-10-15-17(14)22(2)16(21-15)11-23-18(24)12-7-4-5-8-13(12)19(23)25/h4-10H,3,11H2,1-2H3. The summed E-state index contributed by atoms with van der Waals surface area (Å²) in [6.45, 7) is 2.05. The molecule has 4 rings (SSSR count). The molecule has 0 aliphatic carbocycles. The quantitative estimate of drug-likeness (QED) is 0.526. The molecule has 2 amide bonds. The van der Waals surface area contributed by atoms with Crippen molar-refractivity contribution in [1.29, 1.82) is 0 Å². The first-order valence-corrected chi connectivity index (χ1v) is 8.59. The van der Waals surface area contributed by atoms with Crippen LogP contribution in [0.3, 0.4) is 0 Å². The van der Waals surface area contributed by atoms with Crippen LogP contribution >= 0.6 is 0 Å². The van der Waals surface area contributed by atoms with Crippen LogP contribution in [0.5, 0.6) is 0 Å². The van der Waals surface area contributed by atoms with Gasteiger partial charge in [-0.05, 0) is 31.2 Å². The van der Waals surface area contributed by atoms with E-state index in [0.29, 0.717) is 33.5 Å². The minimum Gasteiger partial charge on any atom is -0.462 e. The van der Waals surface area contributed by atoms with Crippen LogP contribution in [0.1, 0.15) is 43.8 Å². The Labute approximate surface area is 155 Å². The first kappa shape index (κ1) is 17.0. The second-order valence-corrected chi connectivity index (χ2v) is 6.22. The van der Waals surface area contributed by atoms with Crippen molar-refractivity contribution in [1.82, 2.24) is 14.5 Å². The maximum Gasteiger partial charge on any atom is 0.340 e. The molecule has 0 saturated heterocycles. The van der Waals surface area contributed by atoms with Gasteiger partial charge in [-0.3, -0.25) is 14.5 Å². The van der Waals surface area contributed by atoms with Gasteiger partial charge in [0.25, 0.3) is 11.8 Å². The van der Waals surface area contributed by atoms with Gasteiger partial charge in [0.05, 0.1) is 40.9 Å². The van der Waals surface area contributed by atoms with Crippen molar-refractivity contribution in [3.8, 4) is 0 Å². The van der Waals surface area contributed by atoms with Crippen LogP contribution in [0, 0.1) is 0 Å². The molecule has 0 unspecified atom stereocenters. The van der Waals surface area contributed by atoms with Crippen LogP contribution in [0.25, 0.3) is 11.0 Å². The number of aromatic nitrogens is 2. The number of nitrogens with zero attached hydrogens (tertiary/aromatic N) is 3. The number of fused-ring (bicyclic) bond motifs is 2. The molecule has 0 bridgehead atoms. The molecule has 0 atom stereocenters. The van der Waals surface area contributed by atoms with Crippen molar-refractivity contribution in [2.45, 2.75) is 13.5 Å². The predicted octanol–water partition coefficient (Wildman–Crippen LogP) is 2.55. The Morgan fingerprint density at radius 3 is 2.33 bits per heavy atom. The van der Waals surface area contributed by atoms with Crippen molar-refractivity contribution in [2.24, 2.45) is 7.05 Å². The smallest absolute Gasteiger partial charge is 0.340 e. The van der Waals surface area contributed by atoms with E-state index in [2.05, 4.69) is 4.98 Å². The average Bonchev–Trinajstić information content (AvgIpc) is 3.12. The highest BCUT2D eigenvalue weighted by Crippen LogP contribution is 2.26. The number of hydrogen-bond acceptors (Lipinski definition) is 5. The molecule has 0 saturated carbocycles. The predicted molar refractivity (Wildman–Crippen MR) is 97.3 cm³/mol. The summed E-state index contributed by atoms with van der Waals surface area (Å²) in [6, 6.07) is 11.9. The summed E-state index contributed by atoms with van der Waals surface area (Å²) in [5, 5.41) is 0. The van der Waals surface area contributed by atoms with Gasteiger partial charge in [-0.2, -0.15) is 0 Å². The number of aryl methyl sites for hydroxylation is 1. The van der Waals surface area contributed by atoms with E-state index in [1.807, 2.05) is 0 Å². The van der Waals surface area contributed by atoms with Crippen molar-refractivity contribution in [3.05, 3.63) is 65.0 Å². The lowest BCUT2D eigenvalue weighted by Gasteiger charge is -2.13. The minimum atomic E-state index is -0.432. The topological polar surface area (TPSA) is 81.5 Å². The Kier molecular flexibility index (Phi) is 3.99. The highest BCUT2D eigenvalue weighted by atomic mass is 16.5. The van der Waals surface area contributed by atoms with Crippen molar-refractivity contribution < 1.29 is 19.1 Å². The molecule has 7 nitrogen and oxygen atoms in total. The van der Waals surface area contributed by atoms with E-state index in [1.165, 1.54) is 4.90 Å². The van der Waals surface area contributed by atoms with E-state index in [-0.39, 0.29) is 25.0 Å². The fourth-order valence-electron chi connectivity index (χ4n) is 3.36. The Morgan fingerprint density at radius 1 is 1.04 bits per heavy atom. The molecule has 27 heavy (non-hydrogen) atoms. The summed E-state index contributed by atoms with van der Waals surface area (Å²) in [5.41, 5.74) is 2.41. The molecule has 0 N–H and O–H groups in total. The second kappa shape index (κ2) is 6.35. The molecule has 1 aliphatic rings. The molecule has 136 valence electrons. The van der Waals surface area contributed by atoms with Gasteiger partial charge in [0.2, 0.25) is 0 Å². The van der Waals surface area contributed by atoms with Crippen LogP contribution in [-0.4, -0.2) is 38.8 Å². The van der Waals surface area contributed by atoms with Gasteiger partial charge >= 0.3 is 5.97 Å². The highest BCUT2D eigenvalue weighted by molar-refractivity contribution is 6.21. The molecule has 1 aromatic heterocycles. The van der Waals surface area contributed by atoms with Gasteiger partial charge in [-0.25, -0.2) is 9.78 Å². The Balaban J connectivity index is 1.73. The number of hydrogen-bond donors (Lipinski definition) is 0. The largest absolute Gasteiger partial charge is 0.462 e. The molecular weight excluding hydrogens is 346 g/mol. The fourth-order valence-corrected chi connectivity index (χ4v) is 3.36. The Morgan fingerprint density at radius 2 is 1.70 bits per heavy atom. The number of ether oxygens (including phenoxy) is 1. The van der Waals surface area contributed by atoms with Gasteiger partial charge in [-0.15, -0.1) is 0 Å². The van der Waals surface area contributed by atoms with E-state index >= 15 is 0 Å². The SMILES string of the molecule is CCOC(=O)c1cccc2nc(CN3C(=O)c4ccccc4C3=O)n(C)c12. The van der Waals surface area contributed by atoms with Gasteiger partial charge in [-0.1, -0.05) is 18.2 Å². The van der Waals surface area contributed by atoms with Crippen molar-refractivity contribution >= 4 is 28.8 Å². The lowest BCUT2D eigenvalue weighted by atomic mass is 10.1. The lowest BCUT2D eigenvalue weighted by molar-refractivity contribution is 0.0526. The highest BCUT2D eigenvalue weighted by Gasteiger charge is 2.36. The number of para-hydroxylation sites is 1. The zero-order valence-corrected chi connectivity index (χ0v) is 14.9. The van der Waals surface area contributed by atoms with E-state index < -0.39 is 5.97 Å². The van der Waals surface area contributed by atoms with E-state index in [9.17, 15) is 14.4 Å². The first-order chi connectivity index (χ1) is 13.0. The number of imidazole rings is 1. The lowest BCUT2D eigenvalue weighted by Crippen LogP contribution is -2.30. The summed E-state index contributed by atoms with van der Waals surface area (Å²) >= 11 is 0. The van der Waals surface area contributed by atoms with Crippen LogP contribution in [0.4, 0.5) is 0 Å². The Bertz CT molecular complexity index is 1060. The molecule has 7 heteroatoms. The summed E-state index contributed by atoms with van der Waals surface area (Å²) in [6.07, 6.45) is 0. The molecule has 1 aliphatic heterocycles. The van der Waals surface area contributed by atoms with Gasteiger partial charge in [0.15, 0.2) is 0 Å². The summed E-state index contributed by atoms with van der Waals surface area (Å²) in [5.74, 6) is -0.601. The normalized spacial score (nSPS) is 13.3. The number of esters is 1. The summed E-state index contributed by atoms with van der Waals surface area (Å²) in [4.78, 5) is 43.1. The molecule has 2 aromatic carbocycles. The number of rotatable bonds is 4. The molecule has 2 heterocycles. The monoisotopic (exact) mass is 363 g/mol. The van der Waals surface area contributed by atoms with E-state index in [1.54, 1.807) is 61.0 Å². The zero-order chi connectivity index (χ0) is 19.1. The van der Waals surface area contributed by atoms with Gasteiger partial charge in [0.1, 0.15) is 5.82 Å². The maximum absolute atomic E-state index is 12.6. The number of amides is 2. The van der Waals surface area contributed by atoms with Gasteiger partial charge in [0, 0.05) is 7.05 Å². The third-order valence-electron chi connectivity index (χ3n) is 4.66. The van der Waals surface area contributed by atoms with Crippen molar-refractivity contribution in [3.63, 3.8) is 0 Å². The summed E-state index contributed by atoms with van der Waals surface area (Å²) < 4.78 is 6.84. The number of carbonyl (C=O) groups excluding carboxylic acids is 3. The second-order valence-electron chi connectivity index (χ2n) is 6.22. The third kappa shape index (κ3) is 2.59. The van der Waals surface area contributed by atoms with Crippen molar-refractivity contribution in [2.75, 3.05) is 6.61 Å². The number of benzene rings is 2. The Hall–Kier alpha value is -3.48. The van der Waals surface area contributed by atoms with E-state index in [0.717, 1.165) is 0 Å².